The Morgan fingerprint density at radius 3 is 0.817 bits per heavy atom. The minimum absolute atomic E-state index is 0. The van der Waals surface area contributed by atoms with Crippen LogP contribution in [0.15, 0.2) is 197 Å². The van der Waals surface area contributed by atoms with E-state index in [1.54, 1.807) is 18.2 Å². The van der Waals surface area contributed by atoms with Crippen molar-refractivity contribution in [1.82, 2.24) is 28.2 Å². The third-order valence-electron chi connectivity index (χ3n) is 15.6. The number of hydrogen-bond donors (Lipinski definition) is 0. The molecular formula is C72H57IrN6O3. The van der Waals surface area contributed by atoms with Gasteiger partial charge in [0.15, 0.2) is 0 Å². The fraction of sp³-hybridized carbons (Fsp3) is 0.167. The number of pyridine rings is 3. The summed E-state index contributed by atoms with van der Waals surface area (Å²) in [6.45, 7) is 18.9. The number of fused-ring (bicyclic) bond motifs is 9. The van der Waals surface area contributed by atoms with Crippen molar-refractivity contribution in [3.63, 3.8) is 0 Å². The van der Waals surface area contributed by atoms with Gasteiger partial charge in [-0.2, -0.15) is 0 Å². The predicted molar refractivity (Wildman–Crippen MR) is 329 cm³/mol. The van der Waals surface area contributed by atoms with Crippen molar-refractivity contribution in [2.24, 2.45) is 0 Å². The molecular weight excluding hydrogens is 1190 g/mol. The van der Waals surface area contributed by atoms with Crippen molar-refractivity contribution >= 4 is 49.3 Å². The summed E-state index contributed by atoms with van der Waals surface area (Å²) in [6, 6.07) is 66.7. The molecule has 0 saturated heterocycles. The van der Waals surface area contributed by atoms with Gasteiger partial charge in [0.25, 0.3) is 16.7 Å². The second-order valence-corrected chi connectivity index (χ2v) is 24.3. The number of nitrogens with zero attached hydrogens (tertiary/aromatic N) is 6. The topological polar surface area (TPSA) is 103 Å². The van der Waals surface area contributed by atoms with Crippen molar-refractivity contribution < 1.29 is 20.1 Å². The van der Waals surface area contributed by atoms with Crippen LogP contribution in [0.3, 0.4) is 0 Å². The van der Waals surface area contributed by atoms with Gasteiger partial charge in [-0.25, -0.2) is 15.0 Å². The van der Waals surface area contributed by atoms with Crippen LogP contribution in [0.1, 0.15) is 79.4 Å². The van der Waals surface area contributed by atoms with E-state index in [9.17, 15) is 14.4 Å². The van der Waals surface area contributed by atoms with Crippen molar-refractivity contribution in [2.75, 3.05) is 0 Å². The molecule has 6 aromatic heterocycles. The molecule has 402 valence electrons. The molecule has 0 amide bonds. The zero-order valence-corrected chi connectivity index (χ0v) is 49.5. The molecule has 0 aliphatic rings. The molecule has 0 unspecified atom stereocenters. The van der Waals surface area contributed by atoms with E-state index in [4.69, 9.17) is 0 Å². The quantitative estimate of drug-likeness (QED) is 0.121. The summed E-state index contributed by atoms with van der Waals surface area (Å²) in [5.41, 5.74) is 14.8. The van der Waals surface area contributed by atoms with Crippen LogP contribution in [0.25, 0.3) is 116 Å². The summed E-state index contributed by atoms with van der Waals surface area (Å²) >= 11 is 0. The summed E-state index contributed by atoms with van der Waals surface area (Å²) in [7, 11) is 0. The van der Waals surface area contributed by atoms with Gasteiger partial charge in [0.05, 0.1) is 16.9 Å². The summed E-state index contributed by atoms with van der Waals surface area (Å²) in [5, 5.41) is 5.10. The first-order valence-corrected chi connectivity index (χ1v) is 27.3. The van der Waals surface area contributed by atoms with Gasteiger partial charge < -0.3 is 13.2 Å². The van der Waals surface area contributed by atoms with Gasteiger partial charge in [-0.15, -0.1) is 86.9 Å². The Balaban J connectivity index is 0.00000665. The van der Waals surface area contributed by atoms with Gasteiger partial charge >= 0.3 is 20.1 Å². The minimum atomic E-state index is -0.284. The molecule has 6 heterocycles. The molecule has 82 heavy (non-hydrogen) atoms. The van der Waals surface area contributed by atoms with E-state index in [1.807, 2.05) is 50.0 Å². The molecule has 0 atom stereocenters. The Morgan fingerprint density at radius 1 is 0.329 bits per heavy atom. The Hall–Kier alpha value is -8.95. The zero-order valence-electron chi connectivity index (χ0n) is 47.1. The first kappa shape index (κ1) is 53.7. The maximum Gasteiger partial charge on any atom is 3.00 e. The molecule has 0 saturated carbocycles. The van der Waals surface area contributed by atoms with E-state index in [1.165, 1.54) is 0 Å². The molecule has 0 radical (unpaired) electrons. The SMILES string of the molecule is CC(C)(C)c1cc(=O)nc2c3[c-]cc(-c4ccccc4-c4cc(-c5ccccc5-c5c[c-]c6c(ccn7c(C(C)(C)C)cc(=O)nc67)c5)cc(-c5ccccc5-c5c[c-]c6c(ccn7c(C(C)(C)C)cc(=O)nc67)c5)c4)cc3ccn12.[Ir+3]. The molecule has 0 aliphatic carbocycles. The average Bonchev–Trinajstić information content (AvgIpc) is 2.54. The summed E-state index contributed by atoms with van der Waals surface area (Å²) in [5.74, 6) is 0. The third kappa shape index (κ3) is 9.45. The first-order chi connectivity index (χ1) is 38.7. The molecule has 0 fully saturated rings. The molecule has 13 rings (SSSR count). The largest absolute Gasteiger partial charge is 3.00 e. The number of hydrogen-bond acceptors (Lipinski definition) is 6. The first-order valence-electron chi connectivity index (χ1n) is 27.3. The molecule has 10 heteroatoms. The van der Waals surface area contributed by atoms with Crippen molar-refractivity contribution in [3.8, 4) is 66.8 Å². The number of aromatic nitrogens is 6. The fourth-order valence-corrected chi connectivity index (χ4v) is 11.7. The third-order valence-corrected chi connectivity index (χ3v) is 15.6. The van der Waals surface area contributed by atoms with Gasteiger partial charge in [0, 0.05) is 51.5 Å². The van der Waals surface area contributed by atoms with Crippen molar-refractivity contribution in [3.05, 3.63) is 249 Å². The summed E-state index contributed by atoms with van der Waals surface area (Å²) in [6.07, 6.45) is 6.02. The van der Waals surface area contributed by atoms with E-state index in [-0.39, 0.29) is 53.0 Å². The number of rotatable bonds is 6. The maximum atomic E-state index is 13.1. The van der Waals surface area contributed by atoms with Crippen LogP contribution in [-0.2, 0) is 36.4 Å². The van der Waals surface area contributed by atoms with E-state index in [0.717, 1.165) is 116 Å². The van der Waals surface area contributed by atoms with E-state index in [0.29, 0.717) is 16.9 Å². The normalized spacial score (nSPS) is 12.3. The van der Waals surface area contributed by atoms with Gasteiger partial charge in [0.1, 0.15) is 0 Å². The zero-order chi connectivity index (χ0) is 56.3. The summed E-state index contributed by atoms with van der Waals surface area (Å²) < 4.78 is 6.03. The fourth-order valence-electron chi connectivity index (χ4n) is 11.7. The number of benzene rings is 7. The van der Waals surface area contributed by atoms with E-state index < -0.39 is 0 Å². The predicted octanol–water partition coefficient (Wildman–Crippen LogP) is 15.5. The second kappa shape index (κ2) is 19.9. The summed E-state index contributed by atoms with van der Waals surface area (Å²) in [4.78, 5) is 52.7. The Morgan fingerprint density at radius 2 is 0.573 bits per heavy atom. The van der Waals surface area contributed by atoms with Crippen LogP contribution >= 0.6 is 0 Å². The van der Waals surface area contributed by atoms with Gasteiger partial charge in [-0.3, -0.25) is 14.4 Å². The van der Waals surface area contributed by atoms with Crippen LogP contribution in [0.5, 0.6) is 0 Å². The van der Waals surface area contributed by atoms with Gasteiger partial charge in [-0.05, 0) is 70.2 Å². The Kier molecular flexibility index (Phi) is 13.1. The average molecular weight is 1250 g/mol. The van der Waals surface area contributed by atoms with Crippen molar-refractivity contribution in [1.29, 1.82) is 0 Å². The molecule has 9 nitrogen and oxygen atoms in total. The Labute approximate surface area is 488 Å². The van der Waals surface area contributed by atoms with Crippen LogP contribution in [0, 0.1) is 18.2 Å². The molecule has 0 spiro atoms. The van der Waals surface area contributed by atoms with Crippen LogP contribution in [0.2, 0.25) is 0 Å². The van der Waals surface area contributed by atoms with Gasteiger partial charge in [-0.1, -0.05) is 187 Å². The molecule has 0 N–H and O–H groups in total. The van der Waals surface area contributed by atoms with Crippen molar-refractivity contribution in [2.45, 2.75) is 78.6 Å². The maximum absolute atomic E-state index is 13.1. The molecule has 7 aromatic carbocycles. The standard InChI is InChI=1S/C72H57N6O3.Ir/c1-70(2,3)61-40-64(79)73-67-58-25-22-43(34-46(58)28-31-76(61)67)52-16-10-13-19-55(52)49-37-50(56-20-14-11-17-53(56)44-23-26-59-47(35-44)29-32-77-62(71(4,5)6)41-65(80)74-68(59)77)39-51(38-49)57-21-15-12-18-54(57)45-24-27-60-48(36-45)30-33-78-63(72(7,8)9)42-66(81)75-69(60)78;/h10-24,28-42H,1-9H3;/q-3;+3. The van der Waals surface area contributed by atoms with Crippen LogP contribution in [-0.4, -0.2) is 28.2 Å². The monoisotopic (exact) mass is 1250 g/mol. The van der Waals surface area contributed by atoms with E-state index >= 15 is 0 Å². The molecule has 0 aliphatic heterocycles. The van der Waals surface area contributed by atoms with E-state index in [2.05, 4.69) is 223 Å². The minimum Gasteiger partial charge on any atom is -0.345 e. The molecule has 13 aromatic rings. The Bertz CT molecular complexity index is 4470. The van der Waals surface area contributed by atoms with Gasteiger partial charge in [0.2, 0.25) is 0 Å². The smallest absolute Gasteiger partial charge is 0.345 e. The van der Waals surface area contributed by atoms with Crippen LogP contribution in [0.4, 0.5) is 0 Å². The second-order valence-electron chi connectivity index (χ2n) is 24.3. The van der Waals surface area contributed by atoms with Crippen LogP contribution < -0.4 is 16.7 Å². The molecule has 0 bridgehead atoms.